The molecule has 0 N–H and O–H groups in total. The van der Waals surface area contributed by atoms with Crippen molar-refractivity contribution in [2.75, 3.05) is 0 Å². The van der Waals surface area contributed by atoms with Crippen molar-refractivity contribution >= 4 is 5.78 Å². The summed E-state index contributed by atoms with van der Waals surface area (Å²) < 4.78 is 14.7. The Morgan fingerprint density at radius 3 is 3.00 bits per heavy atom. The Labute approximate surface area is 92.5 Å². The molecule has 4 heteroatoms. The average molecular weight is 218 g/mol. The summed E-state index contributed by atoms with van der Waals surface area (Å²) in [7, 11) is 0. The zero-order chi connectivity index (χ0) is 11.5. The number of aromatic nitrogens is 2. The van der Waals surface area contributed by atoms with Crippen LogP contribution in [-0.2, 0) is 11.2 Å². The van der Waals surface area contributed by atoms with Crippen LogP contribution in [0.25, 0.3) is 5.69 Å². The van der Waals surface area contributed by atoms with Crippen LogP contribution in [0.4, 0.5) is 4.39 Å². The number of Topliss-reactive ketones (excluding diaryl/α,β-unsaturated/α-hetero) is 1. The van der Waals surface area contributed by atoms with Gasteiger partial charge in [0.25, 0.3) is 0 Å². The first-order chi connectivity index (χ1) is 7.65. The summed E-state index contributed by atoms with van der Waals surface area (Å²) in [6.45, 7) is 1.52. The lowest BCUT2D eigenvalue weighted by molar-refractivity contribution is -0.116. The highest BCUT2D eigenvalue weighted by Crippen LogP contribution is 2.10. The van der Waals surface area contributed by atoms with Crippen LogP contribution < -0.4 is 0 Å². The zero-order valence-corrected chi connectivity index (χ0v) is 8.85. The lowest BCUT2D eigenvalue weighted by atomic mass is 10.2. The van der Waals surface area contributed by atoms with E-state index < -0.39 is 0 Å². The van der Waals surface area contributed by atoms with Gasteiger partial charge in [-0.2, -0.15) is 0 Å². The molecule has 2 rings (SSSR count). The summed E-state index contributed by atoms with van der Waals surface area (Å²) >= 11 is 0. The highest BCUT2D eigenvalue weighted by molar-refractivity contribution is 5.77. The zero-order valence-electron chi connectivity index (χ0n) is 8.85. The van der Waals surface area contributed by atoms with Crippen molar-refractivity contribution in [3.05, 3.63) is 48.3 Å². The molecule has 0 amide bonds. The molecule has 16 heavy (non-hydrogen) atoms. The molecule has 1 heterocycles. The standard InChI is InChI=1S/C12H11FN2O/c1-9(16)5-11-7-15(8-14-11)12-4-2-3-10(13)6-12/h2-4,6-8H,5H2,1H3. The summed E-state index contributed by atoms with van der Waals surface area (Å²) in [6, 6.07) is 6.22. The number of ketones is 1. The van der Waals surface area contributed by atoms with E-state index in [0.29, 0.717) is 17.8 Å². The van der Waals surface area contributed by atoms with Crippen molar-refractivity contribution < 1.29 is 9.18 Å². The first kappa shape index (κ1) is 10.5. The first-order valence-corrected chi connectivity index (χ1v) is 4.93. The Hall–Kier alpha value is -1.97. The number of imidazole rings is 1. The fraction of sp³-hybridized carbons (Fsp3) is 0.167. The number of carbonyl (C=O) groups excluding carboxylic acids is 1. The summed E-state index contributed by atoms with van der Waals surface area (Å²) in [5, 5.41) is 0. The third-order valence-electron chi connectivity index (χ3n) is 2.17. The van der Waals surface area contributed by atoms with Gasteiger partial charge in [-0.3, -0.25) is 4.79 Å². The Bertz CT molecular complexity index is 519. The predicted octanol–water partition coefficient (Wildman–Crippen LogP) is 2.14. The third-order valence-corrected chi connectivity index (χ3v) is 2.17. The maximum atomic E-state index is 13.0. The SMILES string of the molecule is CC(=O)Cc1cn(-c2cccc(F)c2)cn1. The van der Waals surface area contributed by atoms with E-state index in [4.69, 9.17) is 0 Å². The molecule has 0 aliphatic rings. The molecule has 0 aliphatic carbocycles. The topological polar surface area (TPSA) is 34.9 Å². The molecule has 0 unspecified atom stereocenters. The van der Waals surface area contributed by atoms with Crippen LogP contribution in [0.15, 0.2) is 36.8 Å². The summed E-state index contributed by atoms with van der Waals surface area (Å²) in [5.41, 5.74) is 1.39. The monoisotopic (exact) mass is 218 g/mol. The lowest BCUT2D eigenvalue weighted by Gasteiger charge is -2.00. The number of benzene rings is 1. The van der Waals surface area contributed by atoms with Gasteiger partial charge in [-0.1, -0.05) is 6.07 Å². The van der Waals surface area contributed by atoms with Crippen LogP contribution in [0.2, 0.25) is 0 Å². The molecule has 0 aliphatic heterocycles. The van der Waals surface area contributed by atoms with Gasteiger partial charge in [0.2, 0.25) is 0 Å². The van der Waals surface area contributed by atoms with Crippen LogP contribution in [0.1, 0.15) is 12.6 Å². The van der Waals surface area contributed by atoms with E-state index in [1.807, 2.05) is 0 Å². The van der Waals surface area contributed by atoms with Crippen LogP contribution >= 0.6 is 0 Å². The van der Waals surface area contributed by atoms with Crippen LogP contribution in [0.3, 0.4) is 0 Å². The highest BCUT2D eigenvalue weighted by Gasteiger charge is 2.03. The average Bonchev–Trinajstić information content (AvgIpc) is 2.65. The normalized spacial score (nSPS) is 10.4. The van der Waals surface area contributed by atoms with Gasteiger partial charge in [-0.15, -0.1) is 0 Å². The van der Waals surface area contributed by atoms with E-state index in [2.05, 4.69) is 4.98 Å². The van der Waals surface area contributed by atoms with Crippen molar-refractivity contribution in [3.8, 4) is 5.69 Å². The second-order valence-corrected chi connectivity index (χ2v) is 3.63. The molecule has 0 bridgehead atoms. The van der Waals surface area contributed by atoms with Crippen molar-refractivity contribution in [3.63, 3.8) is 0 Å². The smallest absolute Gasteiger partial charge is 0.135 e. The van der Waals surface area contributed by atoms with Gasteiger partial charge in [0.1, 0.15) is 11.6 Å². The number of hydrogen-bond acceptors (Lipinski definition) is 2. The van der Waals surface area contributed by atoms with Gasteiger partial charge in [-0.25, -0.2) is 9.37 Å². The second kappa shape index (κ2) is 4.26. The van der Waals surface area contributed by atoms with Crippen LogP contribution in [0, 0.1) is 5.82 Å². The van der Waals surface area contributed by atoms with Crippen molar-refractivity contribution in [1.82, 2.24) is 9.55 Å². The van der Waals surface area contributed by atoms with Crippen molar-refractivity contribution in [1.29, 1.82) is 0 Å². The van der Waals surface area contributed by atoms with Crippen LogP contribution in [0.5, 0.6) is 0 Å². The molecule has 0 atom stereocenters. The maximum absolute atomic E-state index is 13.0. The van der Waals surface area contributed by atoms with E-state index in [-0.39, 0.29) is 11.6 Å². The Morgan fingerprint density at radius 1 is 1.50 bits per heavy atom. The van der Waals surface area contributed by atoms with Gasteiger partial charge < -0.3 is 4.57 Å². The van der Waals surface area contributed by atoms with Gasteiger partial charge >= 0.3 is 0 Å². The Kier molecular flexibility index (Phi) is 2.81. The Balaban J connectivity index is 2.28. The van der Waals surface area contributed by atoms with Crippen molar-refractivity contribution in [2.45, 2.75) is 13.3 Å². The molecule has 82 valence electrons. The molecule has 0 spiro atoms. The molecular formula is C12H11FN2O. The second-order valence-electron chi connectivity index (χ2n) is 3.63. The largest absolute Gasteiger partial charge is 0.306 e. The number of hydrogen-bond donors (Lipinski definition) is 0. The predicted molar refractivity (Wildman–Crippen MR) is 57.9 cm³/mol. The van der Waals surface area contributed by atoms with Gasteiger partial charge in [0, 0.05) is 18.3 Å². The lowest BCUT2D eigenvalue weighted by Crippen LogP contribution is -1.96. The van der Waals surface area contributed by atoms with Gasteiger partial charge in [0.15, 0.2) is 0 Å². The minimum Gasteiger partial charge on any atom is -0.306 e. The fourth-order valence-electron chi connectivity index (χ4n) is 1.49. The first-order valence-electron chi connectivity index (χ1n) is 4.93. The molecule has 0 fully saturated rings. The summed E-state index contributed by atoms with van der Waals surface area (Å²) in [5.74, 6) is -0.233. The Morgan fingerprint density at radius 2 is 2.31 bits per heavy atom. The summed E-state index contributed by atoms with van der Waals surface area (Å²) in [4.78, 5) is 15.0. The van der Waals surface area contributed by atoms with Gasteiger partial charge in [0.05, 0.1) is 12.0 Å². The van der Waals surface area contributed by atoms with E-state index in [9.17, 15) is 9.18 Å². The molecule has 2 aromatic rings. The molecule has 3 nitrogen and oxygen atoms in total. The van der Waals surface area contributed by atoms with E-state index in [1.54, 1.807) is 29.2 Å². The quantitative estimate of drug-likeness (QED) is 0.791. The maximum Gasteiger partial charge on any atom is 0.135 e. The molecular weight excluding hydrogens is 207 g/mol. The number of carbonyl (C=O) groups is 1. The third kappa shape index (κ3) is 2.34. The highest BCUT2D eigenvalue weighted by atomic mass is 19.1. The van der Waals surface area contributed by atoms with Crippen LogP contribution in [-0.4, -0.2) is 15.3 Å². The number of halogens is 1. The molecule has 1 aromatic carbocycles. The summed E-state index contributed by atoms with van der Waals surface area (Å²) in [6.07, 6.45) is 3.62. The van der Waals surface area contributed by atoms with E-state index in [1.165, 1.54) is 19.1 Å². The fourth-order valence-corrected chi connectivity index (χ4v) is 1.49. The van der Waals surface area contributed by atoms with E-state index in [0.717, 1.165) is 0 Å². The molecule has 0 saturated heterocycles. The minimum absolute atomic E-state index is 0.0597. The molecule has 1 aromatic heterocycles. The van der Waals surface area contributed by atoms with Gasteiger partial charge in [-0.05, 0) is 25.1 Å². The number of rotatable bonds is 3. The molecule has 0 radical (unpaired) electrons. The number of nitrogens with zero attached hydrogens (tertiary/aromatic N) is 2. The molecule has 0 saturated carbocycles. The minimum atomic E-state index is -0.292. The van der Waals surface area contributed by atoms with Crippen molar-refractivity contribution in [2.24, 2.45) is 0 Å². The van der Waals surface area contributed by atoms with E-state index >= 15 is 0 Å².